The first-order valence-electron chi connectivity index (χ1n) is 5.12. The second-order valence-electron chi connectivity index (χ2n) is 3.70. The fraction of sp³-hybridized carbons (Fsp3) is 0.300. The summed E-state index contributed by atoms with van der Waals surface area (Å²) < 4.78 is 5.02. The van der Waals surface area contributed by atoms with Crippen LogP contribution in [-0.2, 0) is 4.74 Å². The van der Waals surface area contributed by atoms with Gasteiger partial charge in [0.05, 0.1) is 28.3 Å². The molecule has 1 aromatic carbocycles. The number of hydrogen-bond donors (Lipinski definition) is 2. The molecule has 0 amide bonds. The van der Waals surface area contributed by atoms with E-state index in [4.69, 9.17) is 15.7 Å². The average Bonchev–Trinajstić information content (AvgIpc) is 2.32. The van der Waals surface area contributed by atoms with Crippen molar-refractivity contribution in [2.24, 2.45) is 10.9 Å². The zero-order valence-electron chi connectivity index (χ0n) is 9.28. The van der Waals surface area contributed by atoms with Crippen LogP contribution in [0.1, 0.15) is 5.56 Å². The van der Waals surface area contributed by atoms with Gasteiger partial charge in [0.15, 0.2) is 5.84 Å². The Morgan fingerprint density at radius 3 is 2.83 bits per heavy atom. The van der Waals surface area contributed by atoms with Crippen LogP contribution in [0.15, 0.2) is 28.3 Å². The van der Waals surface area contributed by atoms with Crippen molar-refractivity contribution < 1.29 is 14.9 Å². The highest BCUT2D eigenvalue weighted by Gasteiger charge is 2.24. The summed E-state index contributed by atoms with van der Waals surface area (Å²) in [6.45, 7) is 1.20. The Morgan fingerprint density at radius 1 is 1.61 bits per heavy atom. The molecule has 1 aliphatic heterocycles. The van der Waals surface area contributed by atoms with Crippen molar-refractivity contribution in [2.45, 2.75) is 10.1 Å². The summed E-state index contributed by atoms with van der Waals surface area (Å²) in [6, 6.07) is 4.50. The first-order chi connectivity index (χ1) is 8.61. The van der Waals surface area contributed by atoms with Gasteiger partial charge in [0.2, 0.25) is 0 Å². The first-order valence-corrected chi connectivity index (χ1v) is 6.00. The van der Waals surface area contributed by atoms with Crippen LogP contribution in [0.5, 0.6) is 0 Å². The topological polar surface area (TPSA) is 111 Å². The number of nitrogens with two attached hydrogens (primary N) is 1. The Labute approximate surface area is 107 Å². The largest absolute Gasteiger partial charge is 0.409 e. The van der Waals surface area contributed by atoms with Crippen LogP contribution >= 0.6 is 11.8 Å². The summed E-state index contributed by atoms with van der Waals surface area (Å²) in [4.78, 5) is 11.1. The summed E-state index contributed by atoms with van der Waals surface area (Å²) in [5.41, 5.74) is 5.68. The van der Waals surface area contributed by atoms with Gasteiger partial charge in [-0.15, -0.1) is 11.8 Å². The smallest absolute Gasteiger partial charge is 0.283 e. The van der Waals surface area contributed by atoms with E-state index in [1.165, 1.54) is 17.8 Å². The third kappa shape index (κ3) is 2.54. The molecule has 0 bridgehead atoms. The molecular formula is C10H11N3O4S. The summed E-state index contributed by atoms with van der Waals surface area (Å²) in [6.07, 6.45) is 0. The summed E-state index contributed by atoms with van der Waals surface area (Å²) in [5, 5.41) is 22.6. The van der Waals surface area contributed by atoms with Gasteiger partial charge in [-0.2, -0.15) is 0 Å². The first kappa shape index (κ1) is 12.7. The van der Waals surface area contributed by atoms with Crippen molar-refractivity contribution in [3.05, 3.63) is 33.9 Å². The normalized spacial score (nSPS) is 16.3. The molecule has 96 valence electrons. The second kappa shape index (κ2) is 5.23. The van der Waals surface area contributed by atoms with Crippen molar-refractivity contribution in [3.63, 3.8) is 0 Å². The van der Waals surface area contributed by atoms with Gasteiger partial charge in [-0.05, 0) is 12.1 Å². The number of benzene rings is 1. The highest BCUT2D eigenvalue weighted by atomic mass is 32.2. The molecule has 1 aliphatic rings. The van der Waals surface area contributed by atoms with Crippen LogP contribution in [-0.4, -0.2) is 34.4 Å². The second-order valence-corrected chi connectivity index (χ2v) is 5.04. The predicted octanol–water partition coefficient (Wildman–Crippen LogP) is 1.18. The van der Waals surface area contributed by atoms with Gasteiger partial charge in [-0.1, -0.05) is 5.16 Å². The summed E-state index contributed by atoms with van der Waals surface area (Å²) >= 11 is 1.40. The molecule has 0 spiro atoms. The number of nitro benzene ring substituents is 1. The molecule has 0 aliphatic carbocycles. The average molecular weight is 269 g/mol. The number of rotatable bonds is 4. The number of amidine groups is 1. The number of nitro groups is 1. The van der Waals surface area contributed by atoms with Gasteiger partial charge < -0.3 is 15.7 Å². The predicted molar refractivity (Wildman–Crippen MR) is 66.1 cm³/mol. The van der Waals surface area contributed by atoms with Crippen LogP contribution in [0.2, 0.25) is 0 Å². The minimum Gasteiger partial charge on any atom is -0.409 e. The van der Waals surface area contributed by atoms with E-state index >= 15 is 0 Å². The number of hydrogen-bond acceptors (Lipinski definition) is 6. The van der Waals surface area contributed by atoms with Crippen LogP contribution in [0, 0.1) is 10.1 Å². The van der Waals surface area contributed by atoms with Crippen LogP contribution in [0.25, 0.3) is 0 Å². The maximum Gasteiger partial charge on any atom is 0.283 e. The Balaban J connectivity index is 2.31. The van der Waals surface area contributed by atoms with Crippen molar-refractivity contribution in [1.82, 2.24) is 0 Å². The van der Waals surface area contributed by atoms with Gasteiger partial charge in [0.1, 0.15) is 0 Å². The highest BCUT2D eigenvalue weighted by molar-refractivity contribution is 8.00. The lowest BCUT2D eigenvalue weighted by Gasteiger charge is -2.25. The molecule has 1 saturated heterocycles. The third-order valence-corrected chi connectivity index (χ3v) is 3.66. The third-order valence-electron chi connectivity index (χ3n) is 2.46. The van der Waals surface area contributed by atoms with Gasteiger partial charge >= 0.3 is 0 Å². The molecule has 18 heavy (non-hydrogen) atoms. The van der Waals surface area contributed by atoms with Crippen molar-refractivity contribution in [1.29, 1.82) is 0 Å². The van der Waals surface area contributed by atoms with Gasteiger partial charge in [-0.25, -0.2) is 0 Å². The highest BCUT2D eigenvalue weighted by Crippen LogP contribution is 2.35. The molecule has 0 saturated carbocycles. The maximum atomic E-state index is 11.0. The zero-order valence-corrected chi connectivity index (χ0v) is 10.1. The van der Waals surface area contributed by atoms with Crippen molar-refractivity contribution >= 4 is 23.3 Å². The number of oxime groups is 1. The standard InChI is InChI=1S/C10H11N3O4S/c11-10(12-14)6-1-2-9(8(3-6)13(15)16)18-7-4-17-5-7/h1-3,7,14H,4-5H2,(H2,11,12). The summed E-state index contributed by atoms with van der Waals surface area (Å²) in [7, 11) is 0. The van der Waals surface area contributed by atoms with Crippen LogP contribution in [0.3, 0.4) is 0 Å². The van der Waals surface area contributed by atoms with E-state index in [1.807, 2.05) is 0 Å². The number of ether oxygens (including phenoxy) is 1. The molecule has 8 heteroatoms. The van der Waals surface area contributed by atoms with Crippen molar-refractivity contribution in [3.8, 4) is 0 Å². The Bertz CT molecular complexity index is 502. The monoisotopic (exact) mass is 269 g/mol. The van der Waals surface area contributed by atoms with E-state index in [2.05, 4.69) is 5.16 Å². The SMILES string of the molecule is NC(=NO)c1ccc(SC2COC2)c([N+](=O)[O-])c1. The zero-order chi connectivity index (χ0) is 13.1. The molecule has 2 rings (SSSR count). The molecule has 1 aromatic rings. The molecule has 0 radical (unpaired) electrons. The van der Waals surface area contributed by atoms with Gasteiger partial charge in [0, 0.05) is 11.6 Å². The van der Waals surface area contributed by atoms with Gasteiger partial charge in [-0.3, -0.25) is 10.1 Å². The molecule has 0 unspecified atom stereocenters. The van der Waals surface area contributed by atoms with E-state index in [0.29, 0.717) is 23.7 Å². The molecule has 3 N–H and O–H groups in total. The fourth-order valence-electron chi connectivity index (χ4n) is 1.44. The lowest BCUT2D eigenvalue weighted by atomic mass is 10.2. The Hall–Kier alpha value is -1.80. The molecule has 0 aromatic heterocycles. The van der Waals surface area contributed by atoms with Crippen molar-refractivity contribution in [2.75, 3.05) is 13.2 Å². The lowest BCUT2D eigenvalue weighted by molar-refractivity contribution is -0.387. The molecule has 7 nitrogen and oxygen atoms in total. The Kier molecular flexibility index (Phi) is 3.68. The lowest BCUT2D eigenvalue weighted by Crippen LogP contribution is -2.30. The fourth-order valence-corrected chi connectivity index (χ4v) is 2.53. The Morgan fingerprint density at radius 2 is 2.33 bits per heavy atom. The molecule has 0 atom stereocenters. The molecular weight excluding hydrogens is 258 g/mol. The van der Waals surface area contributed by atoms with Crippen LogP contribution < -0.4 is 5.73 Å². The van der Waals surface area contributed by atoms with Gasteiger partial charge in [0.25, 0.3) is 5.69 Å². The number of thioether (sulfide) groups is 1. The van der Waals surface area contributed by atoms with Crippen LogP contribution in [0.4, 0.5) is 5.69 Å². The summed E-state index contributed by atoms with van der Waals surface area (Å²) in [5.74, 6) is -0.151. The molecule has 1 fully saturated rings. The minimum atomic E-state index is -0.476. The molecule has 1 heterocycles. The van der Waals surface area contributed by atoms with E-state index in [1.54, 1.807) is 12.1 Å². The maximum absolute atomic E-state index is 11.0. The minimum absolute atomic E-state index is 0.0454. The van der Waals surface area contributed by atoms with E-state index in [-0.39, 0.29) is 16.8 Å². The quantitative estimate of drug-likeness (QED) is 0.279. The van der Waals surface area contributed by atoms with E-state index < -0.39 is 4.92 Å². The van der Waals surface area contributed by atoms with E-state index in [0.717, 1.165) is 0 Å². The van der Waals surface area contributed by atoms with E-state index in [9.17, 15) is 10.1 Å². The number of nitrogens with zero attached hydrogens (tertiary/aromatic N) is 2.